The molecule has 1 saturated heterocycles. The number of carbonyl (C=O) groups excluding carboxylic acids is 1. The Morgan fingerprint density at radius 1 is 1.22 bits per heavy atom. The maximum Gasteiger partial charge on any atom is 0.317 e. The van der Waals surface area contributed by atoms with Gasteiger partial charge < -0.3 is 15.1 Å². The molecule has 2 rings (SSSR count). The second-order valence-electron chi connectivity index (χ2n) is 5.64. The molecule has 0 bridgehead atoms. The number of hydrogen-bond donors (Lipinski definition) is 1. The first-order valence-electron chi connectivity index (χ1n) is 8.05. The van der Waals surface area contributed by atoms with E-state index in [2.05, 4.69) is 29.3 Å². The molecular weight excluding hydrogens is 314 g/mol. The number of carbonyl (C=O) groups is 1. The molecule has 0 spiro atoms. The second-order valence-corrected chi connectivity index (χ2v) is 7.94. The summed E-state index contributed by atoms with van der Waals surface area (Å²) in [5, 5.41) is 2.88. The van der Waals surface area contributed by atoms with E-state index in [9.17, 15) is 13.2 Å². The fourth-order valence-electron chi connectivity index (χ4n) is 2.60. The average Bonchev–Trinajstić information content (AvgIpc) is 2.55. The summed E-state index contributed by atoms with van der Waals surface area (Å²) in [7, 11) is -2.95. The van der Waals surface area contributed by atoms with Gasteiger partial charge in [-0.2, -0.15) is 0 Å². The molecule has 1 aliphatic rings. The summed E-state index contributed by atoms with van der Waals surface area (Å²) < 4.78 is 22.7. The van der Waals surface area contributed by atoms with Crippen LogP contribution >= 0.6 is 0 Å². The highest BCUT2D eigenvalue weighted by Gasteiger charge is 2.24. The minimum atomic E-state index is -2.95. The molecule has 1 heterocycles. The number of nitrogens with zero attached hydrogens (tertiary/aromatic N) is 2. The molecule has 7 heteroatoms. The van der Waals surface area contributed by atoms with E-state index in [-0.39, 0.29) is 17.5 Å². The van der Waals surface area contributed by atoms with Crippen LogP contribution in [0.25, 0.3) is 0 Å². The maximum absolute atomic E-state index is 12.0. The number of benzene rings is 1. The summed E-state index contributed by atoms with van der Waals surface area (Å²) in [6.45, 7) is 5.07. The molecule has 1 fully saturated rings. The Morgan fingerprint density at radius 2 is 1.87 bits per heavy atom. The smallest absolute Gasteiger partial charge is 0.317 e. The Hall–Kier alpha value is -1.76. The minimum Gasteiger partial charge on any atom is -0.372 e. The van der Waals surface area contributed by atoms with Crippen molar-refractivity contribution in [3.05, 3.63) is 30.3 Å². The summed E-state index contributed by atoms with van der Waals surface area (Å²) in [6.07, 6.45) is 0.848. The number of para-hydroxylation sites is 1. The number of anilines is 1. The lowest BCUT2D eigenvalue weighted by Crippen LogP contribution is -2.48. The van der Waals surface area contributed by atoms with E-state index in [1.165, 1.54) is 5.69 Å². The summed E-state index contributed by atoms with van der Waals surface area (Å²) in [4.78, 5) is 15.8. The Balaban J connectivity index is 1.69. The fourth-order valence-corrected chi connectivity index (χ4v) is 3.80. The van der Waals surface area contributed by atoms with Gasteiger partial charge in [-0.25, -0.2) is 13.2 Å². The third-order valence-corrected chi connectivity index (χ3v) is 5.62. The van der Waals surface area contributed by atoms with Crippen LogP contribution in [0.15, 0.2) is 30.3 Å². The van der Waals surface area contributed by atoms with Crippen LogP contribution in [0.4, 0.5) is 10.5 Å². The highest BCUT2D eigenvalue weighted by Crippen LogP contribution is 2.12. The van der Waals surface area contributed by atoms with Crippen LogP contribution in [-0.2, 0) is 9.84 Å². The van der Waals surface area contributed by atoms with Crippen molar-refractivity contribution in [1.82, 2.24) is 10.2 Å². The van der Waals surface area contributed by atoms with E-state index >= 15 is 0 Å². The van der Waals surface area contributed by atoms with E-state index in [1.54, 1.807) is 4.90 Å². The maximum atomic E-state index is 12.0. The highest BCUT2D eigenvalue weighted by molar-refractivity contribution is 7.91. The van der Waals surface area contributed by atoms with Crippen molar-refractivity contribution >= 4 is 21.6 Å². The van der Waals surface area contributed by atoms with Gasteiger partial charge in [0.2, 0.25) is 0 Å². The number of sulfone groups is 1. The van der Waals surface area contributed by atoms with Gasteiger partial charge in [0, 0.05) is 38.4 Å². The van der Waals surface area contributed by atoms with E-state index < -0.39 is 9.84 Å². The second kappa shape index (κ2) is 8.19. The fraction of sp³-hybridized carbons (Fsp3) is 0.562. The minimum absolute atomic E-state index is 0.0675. The van der Waals surface area contributed by atoms with Crippen molar-refractivity contribution in [3.63, 3.8) is 0 Å². The molecule has 23 heavy (non-hydrogen) atoms. The van der Waals surface area contributed by atoms with Crippen molar-refractivity contribution in [3.8, 4) is 0 Å². The quantitative estimate of drug-likeness (QED) is 0.794. The zero-order valence-electron chi connectivity index (χ0n) is 13.6. The van der Waals surface area contributed by atoms with Crippen molar-refractivity contribution < 1.29 is 13.2 Å². The third kappa shape index (κ3) is 5.42. The number of nitrogens with one attached hydrogen (secondary N) is 1. The molecule has 0 aliphatic carbocycles. The van der Waals surface area contributed by atoms with Crippen LogP contribution in [0.1, 0.15) is 13.3 Å². The van der Waals surface area contributed by atoms with Gasteiger partial charge in [0.25, 0.3) is 0 Å². The van der Waals surface area contributed by atoms with Crippen molar-refractivity contribution in [2.45, 2.75) is 13.3 Å². The van der Waals surface area contributed by atoms with Crippen LogP contribution < -0.4 is 10.2 Å². The molecule has 0 saturated carbocycles. The third-order valence-electron chi connectivity index (χ3n) is 4.02. The summed E-state index contributed by atoms with van der Waals surface area (Å²) in [5.41, 5.74) is 1.18. The molecule has 1 aliphatic heterocycles. The Morgan fingerprint density at radius 3 is 2.48 bits per heavy atom. The average molecular weight is 339 g/mol. The van der Waals surface area contributed by atoms with Gasteiger partial charge >= 0.3 is 6.03 Å². The lowest BCUT2D eigenvalue weighted by Gasteiger charge is -2.27. The van der Waals surface area contributed by atoms with Gasteiger partial charge in [-0.3, -0.25) is 0 Å². The van der Waals surface area contributed by atoms with Crippen molar-refractivity contribution in [2.75, 3.05) is 49.1 Å². The zero-order chi connectivity index (χ0) is 16.7. The van der Waals surface area contributed by atoms with Gasteiger partial charge in [-0.15, -0.1) is 0 Å². The molecule has 1 aromatic rings. The van der Waals surface area contributed by atoms with E-state index in [0.29, 0.717) is 19.6 Å². The Kier molecular flexibility index (Phi) is 6.27. The Bertz CT molecular complexity index is 590. The van der Waals surface area contributed by atoms with Crippen LogP contribution in [-0.4, -0.2) is 63.6 Å². The van der Waals surface area contributed by atoms with Crippen molar-refractivity contribution in [2.24, 2.45) is 0 Å². The van der Waals surface area contributed by atoms with E-state index in [1.807, 2.05) is 18.2 Å². The molecule has 0 radical (unpaired) electrons. The van der Waals surface area contributed by atoms with Crippen molar-refractivity contribution in [1.29, 1.82) is 0 Å². The summed E-state index contributed by atoms with van der Waals surface area (Å²) >= 11 is 0. The van der Waals surface area contributed by atoms with Crippen LogP contribution in [0.3, 0.4) is 0 Å². The Labute approximate surface area is 138 Å². The van der Waals surface area contributed by atoms with Crippen LogP contribution in [0, 0.1) is 0 Å². The van der Waals surface area contributed by atoms with E-state index in [0.717, 1.165) is 19.5 Å². The number of hydrogen-bond acceptors (Lipinski definition) is 4. The first-order chi connectivity index (χ1) is 11.0. The van der Waals surface area contributed by atoms with Gasteiger partial charge in [-0.1, -0.05) is 18.2 Å². The monoisotopic (exact) mass is 339 g/mol. The van der Waals surface area contributed by atoms with Crippen LogP contribution in [0.5, 0.6) is 0 Å². The number of urea groups is 1. The zero-order valence-corrected chi connectivity index (χ0v) is 14.4. The topological polar surface area (TPSA) is 69.7 Å². The molecule has 2 amide bonds. The van der Waals surface area contributed by atoms with E-state index in [4.69, 9.17) is 0 Å². The molecule has 0 unspecified atom stereocenters. The summed E-state index contributed by atoms with van der Waals surface area (Å²) in [5.74, 6) is 0.135. The molecule has 0 aromatic heterocycles. The molecule has 1 aromatic carbocycles. The lowest BCUT2D eigenvalue weighted by molar-refractivity contribution is 0.202. The predicted molar refractivity (Wildman–Crippen MR) is 92.6 cm³/mol. The normalized spacial score (nSPS) is 16.8. The summed E-state index contributed by atoms with van der Waals surface area (Å²) in [6, 6.07) is 10.0. The first-order valence-corrected chi connectivity index (χ1v) is 9.87. The molecule has 6 nitrogen and oxygen atoms in total. The largest absolute Gasteiger partial charge is 0.372 e. The molecule has 0 atom stereocenters. The number of amides is 2. The molecule has 128 valence electrons. The predicted octanol–water partition coefficient (Wildman–Crippen LogP) is 1.34. The lowest BCUT2D eigenvalue weighted by atomic mass is 10.2. The van der Waals surface area contributed by atoms with Crippen LogP contribution in [0.2, 0.25) is 0 Å². The highest BCUT2D eigenvalue weighted by atomic mass is 32.2. The first kappa shape index (κ1) is 17.6. The molecule has 1 N–H and O–H groups in total. The standard InChI is InChI=1S/C16H25N3O3S/c1-2-18(15-7-4-3-5-8-15)10-6-9-17-16(20)19-11-13-23(21,22)14-12-19/h3-5,7-8H,2,6,9-14H2,1H3,(H,17,20). The number of rotatable bonds is 6. The SMILES string of the molecule is CCN(CCCNC(=O)N1CCS(=O)(=O)CC1)c1ccccc1. The molecular formula is C16H25N3O3S. The van der Waals surface area contributed by atoms with Gasteiger partial charge in [0.1, 0.15) is 0 Å². The van der Waals surface area contributed by atoms with Gasteiger partial charge in [0.05, 0.1) is 11.5 Å². The van der Waals surface area contributed by atoms with Gasteiger partial charge in [-0.05, 0) is 25.5 Å². The van der Waals surface area contributed by atoms with Gasteiger partial charge in [0.15, 0.2) is 9.84 Å².